The minimum Gasteiger partial charge on any atom is -0.463 e. The zero-order valence-electron chi connectivity index (χ0n) is 9.80. The van der Waals surface area contributed by atoms with Crippen LogP contribution in [0.5, 0.6) is 0 Å². The van der Waals surface area contributed by atoms with Crippen LogP contribution in [0, 0.1) is 0 Å². The Morgan fingerprint density at radius 2 is 2.13 bits per heavy atom. The van der Waals surface area contributed by atoms with Crippen molar-refractivity contribution in [3.8, 4) is 0 Å². The fourth-order valence-corrected chi connectivity index (χ4v) is 2.29. The second-order valence-electron chi connectivity index (χ2n) is 3.92. The molecule has 0 bridgehead atoms. The van der Waals surface area contributed by atoms with Gasteiger partial charge in [0.15, 0.2) is 0 Å². The summed E-state index contributed by atoms with van der Waals surface area (Å²) in [5, 5.41) is 10.3. The fourth-order valence-electron chi connectivity index (χ4n) is 2.29. The van der Waals surface area contributed by atoms with Gasteiger partial charge in [-0.1, -0.05) is 13.8 Å². The molecule has 0 aromatic heterocycles. The second kappa shape index (κ2) is 4.79. The van der Waals surface area contributed by atoms with Crippen molar-refractivity contribution in [3.05, 3.63) is 11.1 Å². The van der Waals surface area contributed by atoms with E-state index in [9.17, 15) is 9.90 Å². The SMILES string of the molecule is CCOC(=O)C1=C(CC)[C@](O)(CC)CC1. The highest BCUT2D eigenvalue weighted by Crippen LogP contribution is 2.40. The standard InChI is InChI=1S/C12H20O3/c1-4-10-9(11(13)15-6-3)7-8-12(10,14)5-2/h14H,4-8H2,1-3H3/t12-/m0/s1. The van der Waals surface area contributed by atoms with E-state index in [0.717, 1.165) is 12.0 Å². The van der Waals surface area contributed by atoms with Crippen LogP contribution in [0.1, 0.15) is 46.5 Å². The van der Waals surface area contributed by atoms with Crippen LogP contribution in [0.15, 0.2) is 11.1 Å². The maximum Gasteiger partial charge on any atom is 0.334 e. The van der Waals surface area contributed by atoms with Crippen LogP contribution in [-0.4, -0.2) is 23.3 Å². The van der Waals surface area contributed by atoms with Gasteiger partial charge in [-0.25, -0.2) is 4.79 Å². The van der Waals surface area contributed by atoms with Crippen LogP contribution >= 0.6 is 0 Å². The average molecular weight is 212 g/mol. The number of aliphatic hydroxyl groups is 1. The minimum absolute atomic E-state index is 0.251. The molecule has 3 nitrogen and oxygen atoms in total. The average Bonchev–Trinajstić information content (AvgIpc) is 2.56. The minimum atomic E-state index is -0.767. The summed E-state index contributed by atoms with van der Waals surface area (Å²) in [6, 6.07) is 0. The van der Waals surface area contributed by atoms with Gasteiger partial charge in [0.05, 0.1) is 12.2 Å². The molecule has 0 saturated heterocycles. The predicted octanol–water partition coefficient (Wildman–Crippen LogP) is 2.19. The third-order valence-electron chi connectivity index (χ3n) is 3.17. The summed E-state index contributed by atoms with van der Waals surface area (Å²) in [5.41, 5.74) is 0.809. The topological polar surface area (TPSA) is 46.5 Å². The van der Waals surface area contributed by atoms with Crippen molar-refractivity contribution in [3.63, 3.8) is 0 Å². The van der Waals surface area contributed by atoms with Gasteiger partial charge in [0.2, 0.25) is 0 Å². The molecule has 0 radical (unpaired) electrons. The van der Waals surface area contributed by atoms with Gasteiger partial charge in [-0.05, 0) is 38.2 Å². The fraction of sp³-hybridized carbons (Fsp3) is 0.750. The molecule has 0 amide bonds. The molecule has 3 heteroatoms. The maximum absolute atomic E-state index is 11.6. The first kappa shape index (κ1) is 12.2. The van der Waals surface area contributed by atoms with Crippen molar-refractivity contribution < 1.29 is 14.6 Å². The first-order valence-electron chi connectivity index (χ1n) is 5.71. The van der Waals surface area contributed by atoms with Crippen molar-refractivity contribution in [2.24, 2.45) is 0 Å². The molecule has 1 aliphatic carbocycles. The first-order valence-corrected chi connectivity index (χ1v) is 5.71. The number of ether oxygens (including phenoxy) is 1. The lowest BCUT2D eigenvalue weighted by Crippen LogP contribution is -2.27. The molecule has 1 atom stereocenters. The van der Waals surface area contributed by atoms with E-state index < -0.39 is 5.60 Å². The number of hydrogen-bond donors (Lipinski definition) is 1. The molecule has 1 aliphatic rings. The summed E-state index contributed by atoms with van der Waals surface area (Å²) in [6.07, 6.45) is 2.69. The summed E-state index contributed by atoms with van der Waals surface area (Å²) >= 11 is 0. The maximum atomic E-state index is 11.6. The van der Waals surface area contributed by atoms with Gasteiger partial charge in [0.25, 0.3) is 0 Å². The Labute approximate surface area is 91.1 Å². The Morgan fingerprint density at radius 1 is 1.47 bits per heavy atom. The number of hydrogen-bond acceptors (Lipinski definition) is 3. The highest BCUT2D eigenvalue weighted by atomic mass is 16.5. The Hall–Kier alpha value is -0.830. The summed E-state index contributed by atoms with van der Waals surface area (Å²) < 4.78 is 4.99. The summed E-state index contributed by atoms with van der Waals surface area (Å²) in [5.74, 6) is -0.251. The summed E-state index contributed by atoms with van der Waals surface area (Å²) in [4.78, 5) is 11.6. The molecule has 1 N–H and O–H groups in total. The van der Waals surface area contributed by atoms with Crippen LogP contribution < -0.4 is 0 Å². The quantitative estimate of drug-likeness (QED) is 0.727. The van der Waals surface area contributed by atoms with Crippen molar-refractivity contribution in [1.29, 1.82) is 0 Å². The summed E-state index contributed by atoms with van der Waals surface area (Å²) in [6.45, 7) is 6.11. The molecule has 0 aromatic carbocycles. The third kappa shape index (κ3) is 2.23. The molecular weight excluding hydrogens is 192 g/mol. The second-order valence-corrected chi connectivity index (χ2v) is 3.92. The first-order chi connectivity index (χ1) is 7.09. The van der Waals surface area contributed by atoms with E-state index in [1.807, 2.05) is 13.8 Å². The Morgan fingerprint density at radius 3 is 2.60 bits per heavy atom. The lowest BCUT2D eigenvalue weighted by atomic mass is 9.90. The lowest BCUT2D eigenvalue weighted by molar-refractivity contribution is -0.138. The van der Waals surface area contributed by atoms with E-state index in [-0.39, 0.29) is 5.97 Å². The largest absolute Gasteiger partial charge is 0.463 e. The Kier molecular flexibility index (Phi) is 3.91. The smallest absolute Gasteiger partial charge is 0.334 e. The third-order valence-corrected chi connectivity index (χ3v) is 3.17. The molecule has 15 heavy (non-hydrogen) atoms. The van der Waals surface area contributed by atoms with Crippen LogP contribution in [0.2, 0.25) is 0 Å². The Balaban J connectivity index is 2.95. The molecule has 86 valence electrons. The van der Waals surface area contributed by atoms with Crippen LogP contribution in [0.25, 0.3) is 0 Å². The van der Waals surface area contributed by atoms with Crippen molar-refractivity contribution in [2.75, 3.05) is 6.61 Å². The van der Waals surface area contributed by atoms with Crippen molar-refractivity contribution >= 4 is 5.97 Å². The van der Waals surface area contributed by atoms with E-state index in [2.05, 4.69) is 0 Å². The molecule has 0 spiro atoms. The van der Waals surface area contributed by atoms with Crippen LogP contribution in [-0.2, 0) is 9.53 Å². The van der Waals surface area contributed by atoms with Crippen LogP contribution in [0.4, 0.5) is 0 Å². The van der Waals surface area contributed by atoms with Crippen molar-refractivity contribution in [1.82, 2.24) is 0 Å². The molecule has 0 fully saturated rings. The van der Waals surface area contributed by atoms with Crippen LogP contribution in [0.3, 0.4) is 0 Å². The number of rotatable bonds is 4. The number of carbonyl (C=O) groups excluding carboxylic acids is 1. The van der Waals surface area contributed by atoms with E-state index in [1.165, 1.54) is 0 Å². The van der Waals surface area contributed by atoms with Gasteiger partial charge < -0.3 is 9.84 Å². The van der Waals surface area contributed by atoms with Gasteiger partial charge in [-0.15, -0.1) is 0 Å². The summed E-state index contributed by atoms with van der Waals surface area (Å²) in [7, 11) is 0. The molecular formula is C12H20O3. The number of carbonyl (C=O) groups is 1. The normalized spacial score (nSPS) is 25.9. The molecule has 1 rings (SSSR count). The van der Waals surface area contributed by atoms with E-state index in [4.69, 9.17) is 4.74 Å². The van der Waals surface area contributed by atoms with E-state index >= 15 is 0 Å². The zero-order chi connectivity index (χ0) is 11.5. The van der Waals surface area contributed by atoms with E-state index in [0.29, 0.717) is 31.4 Å². The van der Waals surface area contributed by atoms with E-state index in [1.54, 1.807) is 6.92 Å². The predicted molar refractivity (Wildman–Crippen MR) is 58.4 cm³/mol. The highest BCUT2D eigenvalue weighted by Gasteiger charge is 2.38. The zero-order valence-corrected chi connectivity index (χ0v) is 9.80. The van der Waals surface area contributed by atoms with Gasteiger partial charge in [0, 0.05) is 5.57 Å². The lowest BCUT2D eigenvalue weighted by Gasteiger charge is -2.24. The Bertz CT molecular complexity index is 281. The molecule has 0 unspecified atom stereocenters. The van der Waals surface area contributed by atoms with Crippen molar-refractivity contribution in [2.45, 2.75) is 52.1 Å². The van der Waals surface area contributed by atoms with Gasteiger partial charge in [0.1, 0.15) is 0 Å². The highest BCUT2D eigenvalue weighted by molar-refractivity contribution is 5.90. The molecule has 0 aliphatic heterocycles. The number of esters is 1. The van der Waals surface area contributed by atoms with Gasteiger partial charge in [-0.3, -0.25) is 0 Å². The molecule has 0 heterocycles. The monoisotopic (exact) mass is 212 g/mol. The molecule has 0 saturated carbocycles. The van der Waals surface area contributed by atoms with Gasteiger partial charge >= 0.3 is 5.97 Å². The molecule has 0 aromatic rings. The van der Waals surface area contributed by atoms with Gasteiger partial charge in [-0.2, -0.15) is 0 Å².